The van der Waals surface area contributed by atoms with Gasteiger partial charge in [0.25, 0.3) is 0 Å². The lowest BCUT2D eigenvalue weighted by atomic mass is 10.1. The number of hydrogen-bond acceptors (Lipinski definition) is 8. The number of carboxylic acid groups (broad SMARTS) is 1. The topological polar surface area (TPSA) is 154 Å². The van der Waals surface area contributed by atoms with Gasteiger partial charge in [-0.25, -0.2) is 0 Å². The van der Waals surface area contributed by atoms with Crippen molar-refractivity contribution >= 4 is 23.6 Å². The normalized spacial score (nSPS) is 19.2. The number of nitrogens with zero attached hydrogens (tertiary/aromatic N) is 4. The Hall–Kier alpha value is -2.08. The fourth-order valence-electron chi connectivity index (χ4n) is 3.25. The molecule has 11 nitrogen and oxygen atoms in total. The molecular formula is C19H36N6O5. The molecule has 2 amide bonds. The summed E-state index contributed by atoms with van der Waals surface area (Å²) in [5, 5.41) is 9.22. The van der Waals surface area contributed by atoms with Crippen molar-refractivity contribution in [1.82, 2.24) is 19.6 Å². The van der Waals surface area contributed by atoms with E-state index in [1.54, 1.807) is 4.90 Å². The van der Waals surface area contributed by atoms with Crippen LogP contribution in [0.15, 0.2) is 0 Å². The second-order valence-electron chi connectivity index (χ2n) is 8.05. The first-order valence-electron chi connectivity index (χ1n) is 10.3. The molecule has 0 bridgehead atoms. The summed E-state index contributed by atoms with van der Waals surface area (Å²) in [5.41, 5.74) is 10.7. The fraction of sp³-hybridized carbons (Fsp3) is 0.789. The average Bonchev–Trinajstić information content (AvgIpc) is 2.62. The Bertz CT molecular complexity index is 568. The van der Waals surface area contributed by atoms with Crippen molar-refractivity contribution in [2.45, 2.75) is 13.8 Å². The third-order valence-corrected chi connectivity index (χ3v) is 5.07. The molecule has 0 spiro atoms. The molecule has 172 valence electrons. The number of Topliss-reactive ketones (excluding diaryl/α,β-unsaturated/α-hetero) is 1. The molecule has 0 unspecified atom stereocenters. The van der Waals surface area contributed by atoms with Gasteiger partial charge in [-0.05, 0) is 0 Å². The summed E-state index contributed by atoms with van der Waals surface area (Å²) in [7, 11) is 0. The zero-order valence-corrected chi connectivity index (χ0v) is 18.1. The van der Waals surface area contributed by atoms with Gasteiger partial charge in [-0.1, -0.05) is 13.8 Å². The highest BCUT2D eigenvalue weighted by Crippen LogP contribution is 2.03. The van der Waals surface area contributed by atoms with E-state index in [9.17, 15) is 24.3 Å². The Balaban J connectivity index is 2.95. The van der Waals surface area contributed by atoms with Crippen molar-refractivity contribution in [1.29, 1.82) is 0 Å². The van der Waals surface area contributed by atoms with Gasteiger partial charge in [-0.3, -0.25) is 38.8 Å². The maximum absolute atomic E-state index is 12.3. The number of nitrogens with two attached hydrogens (primary N) is 2. The first-order chi connectivity index (χ1) is 14.1. The number of carbonyl (C=O) groups excluding carboxylic acids is 3. The Kier molecular flexibility index (Phi) is 11.5. The molecule has 1 heterocycles. The quantitative estimate of drug-likeness (QED) is 0.361. The van der Waals surface area contributed by atoms with Crippen molar-refractivity contribution in [2.75, 3.05) is 78.5 Å². The predicted molar refractivity (Wildman–Crippen MR) is 112 cm³/mol. The van der Waals surface area contributed by atoms with Gasteiger partial charge in [0.2, 0.25) is 11.8 Å². The standard InChI is InChI=1S/C19H36N6O5/c1-15(2)16(26)11-22-3-5-23(12-17(20)27)6-7-24(13-18(21)28)8-10-25(9-4-22)14-19(29)30/h15H,3-14H2,1-2H3,(H2,20,27)(H2,21,28)(H,29,30). The lowest BCUT2D eigenvalue weighted by Crippen LogP contribution is -2.50. The van der Waals surface area contributed by atoms with Crippen molar-refractivity contribution in [3.63, 3.8) is 0 Å². The van der Waals surface area contributed by atoms with Crippen LogP contribution >= 0.6 is 0 Å². The van der Waals surface area contributed by atoms with Gasteiger partial charge in [-0.15, -0.1) is 0 Å². The molecule has 0 aromatic carbocycles. The Morgan fingerprint density at radius 3 is 1.23 bits per heavy atom. The molecule has 0 atom stereocenters. The predicted octanol–water partition coefficient (Wildman–Crippen LogP) is -2.51. The maximum atomic E-state index is 12.3. The first kappa shape index (κ1) is 26.0. The Morgan fingerprint density at radius 1 is 0.667 bits per heavy atom. The average molecular weight is 429 g/mol. The second-order valence-corrected chi connectivity index (χ2v) is 8.05. The second kappa shape index (κ2) is 13.3. The minimum absolute atomic E-state index is 0.0559. The van der Waals surface area contributed by atoms with Gasteiger partial charge in [0, 0.05) is 58.3 Å². The summed E-state index contributed by atoms with van der Waals surface area (Å²) in [4.78, 5) is 53.9. The van der Waals surface area contributed by atoms with E-state index in [1.807, 2.05) is 28.5 Å². The first-order valence-corrected chi connectivity index (χ1v) is 10.3. The van der Waals surface area contributed by atoms with E-state index in [1.165, 1.54) is 0 Å². The fourth-order valence-corrected chi connectivity index (χ4v) is 3.25. The number of carboxylic acids is 1. The van der Waals surface area contributed by atoms with Gasteiger partial charge < -0.3 is 16.6 Å². The van der Waals surface area contributed by atoms with Gasteiger partial charge in [0.15, 0.2) is 0 Å². The summed E-state index contributed by atoms with van der Waals surface area (Å²) >= 11 is 0. The van der Waals surface area contributed by atoms with E-state index < -0.39 is 17.8 Å². The number of aliphatic carboxylic acids is 1. The van der Waals surface area contributed by atoms with Crippen LogP contribution in [-0.4, -0.2) is 127 Å². The highest BCUT2D eigenvalue weighted by Gasteiger charge is 2.21. The SMILES string of the molecule is CC(C)C(=O)CN1CCN(CC(N)=O)CCN(CC(N)=O)CCN(CC(=O)O)CC1. The molecule has 0 saturated carbocycles. The van der Waals surface area contributed by atoms with Gasteiger partial charge in [0.05, 0.1) is 26.2 Å². The molecule has 0 radical (unpaired) electrons. The number of ketones is 1. The van der Waals surface area contributed by atoms with Crippen molar-refractivity contribution < 1.29 is 24.3 Å². The van der Waals surface area contributed by atoms with E-state index in [2.05, 4.69) is 0 Å². The lowest BCUT2D eigenvalue weighted by Gasteiger charge is -2.33. The highest BCUT2D eigenvalue weighted by atomic mass is 16.4. The smallest absolute Gasteiger partial charge is 0.317 e. The molecule has 0 aromatic heterocycles. The Labute approximate surface area is 177 Å². The van der Waals surface area contributed by atoms with Crippen molar-refractivity contribution in [2.24, 2.45) is 17.4 Å². The van der Waals surface area contributed by atoms with Crippen LogP contribution in [0.4, 0.5) is 0 Å². The van der Waals surface area contributed by atoms with Crippen LogP contribution in [0, 0.1) is 5.92 Å². The molecule has 1 aliphatic rings. The largest absolute Gasteiger partial charge is 0.480 e. The number of primary amides is 2. The van der Waals surface area contributed by atoms with Crippen LogP contribution in [0.3, 0.4) is 0 Å². The molecule has 0 aliphatic carbocycles. The van der Waals surface area contributed by atoms with Crippen molar-refractivity contribution in [3.05, 3.63) is 0 Å². The highest BCUT2D eigenvalue weighted by molar-refractivity contribution is 5.82. The zero-order valence-electron chi connectivity index (χ0n) is 18.1. The minimum atomic E-state index is -0.930. The summed E-state index contributed by atoms with van der Waals surface area (Å²) < 4.78 is 0. The van der Waals surface area contributed by atoms with Gasteiger partial charge >= 0.3 is 5.97 Å². The molecule has 5 N–H and O–H groups in total. The summed E-state index contributed by atoms with van der Waals surface area (Å²) in [6.07, 6.45) is 0. The monoisotopic (exact) mass is 428 g/mol. The molecule has 0 aromatic rings. The molecule has 1 saturated heterocycles. The minimum Gasteiger partial charge on any atom is -0.480 e. The Morgan fingerprint density at radius 2 is 0.967 bits per heavy atom. The molecule has 1 rings (SSSR count). The molecule has 11 heteroatoms. The number of carbonyl (C=O) groups is 4. The summed E-state index contributed by atoms with van der Waals surface area (Å²) in [6.45, 7) is 7.95. The van der Waals surface area contributed by atoms with Crippen LogP contribution < -0.4 is 11.5 Å². The van der Waals surface area contributed by atoms with Crippen molar-refractivity contribution in [3.8, 4) is 0 Å². The van der Waals surface area contributed by atoms with Crippen LogP contribution in [0.25, 0.3) is 0 Å². The molecule has 1 fully saturated rings. The number of hydrogen-bond donors (Lipinski definition) is 3. The van der Waals surface area contributed by atoms with E-state index in [4.69, 9.17) is 11.5 Å². The summed E-state index contributed by atoms with van der Waals surface area (Å²) in [5.74, 6) is -1.82. The third kappa shape index (κ3) is 11.2. The number of rotatable bonds is 9. The van der Waals surface area contributed by atoms with Gasteiger partial charge in [-0.2, -0.15) is 0 Å². The number of amides is 2. The third-order valence-electron chi connectivity index (χ3n) is 5.07. The van der Waals surface area contributed by atoms with E-state index in [0.717, 1.165) is 0 Å². The molecular weight excluding hydrogens is 392 g/mol. The zero-order chi connectivity index (χ0) is 22.7. The van der Waals surface area contributed by atoms with Crippen LogP contribution in [0.5, 0.6) is 0 Å². The van der Waals surface area contributed by atoms with E-state index in [0.29, 0.717) is 52.4 Å². The van der Waals surface area contributed by atoms with Crippen LogP contribution in [-0.2, 0) is 19.2 Å². The van der Waals surface area contributed by atoms with E-state index >= 15 is 0 Å². The molecule has 1 aliphatic heterocycles. The van der Waals surface area contributed by atoms with Crippen LogP contribution in [0.2, 0.25) is 0 Å². The summed E-state index contributed by atoms with van der Waals surface area (Å²) in [6, 6.07) is 0. The molecule has 30 heavy (non-hydrogen) atoms. The van der Waals surface area contributed by atoms with E-state index in [-0.39, 0.29) is 37.9 Å². The lowest BCUT2D eigenvalue weighted by molar-refractivity contribution is -0.138. The van der Waals surface area contributed by atoms with Gasteiger partial charge in [0.1, 0.15) is 5.78 Å². The maximum Gasteiger partial charge on any atom is 0.317 e. The van der Waals surface area contributed by atoms with Crippen LogP contribution in [0.1, 0.15) is 13.8 Å².